The number of carbonyl (C=O) groups excluding carboxylic acids is 2. The molecule has 3 aromatic rings. The van der Waals surface area contributed by atoms with E-state index >= 15 is 0 Å². The maximum Gasteiger partial charge on any atom is 0.329 e. The Morgan fingerprint density at radius 1 is 0.897 bits per heavy atom. The lowest BCUT2D eigenvalue weighted by Crippen LogP contribution is -2.46. The van der Waals surface area contributed by atoms with Gasteiger partial charge in [0.05, 0.1) is 6.04 Å². The van der Waals surface area contributed by atoms with Gasteiger partial charge >= 0.3 is 5.97 Å². The minimum atomic E-state index is -0.862. The summed E-state index contributed by atoms with van der Waals surface area (Å²) < 4.78 is 7.18. The first-order chi connectivity index (χ1) is 18.6. The van der Waals surface area contributed by atoms with E-state index in [0.29, 0.717) is 12.8 Å². The molecule has 0 spiro atoms. The molecule has 0 bridgehead atoms. The maximum atomic E-state index is 13.7. The number of rotatable bonds is 12. The van der Waals surface area contributed by atoms with Crippen molar-refractivity contribution in [2.75, 3.05) is 19.6 Å². The molecule has 0 aliphatic rings. The molecule has 3 rings (SSSR count). The lowest BCUT2D eigenvalue weighted by atomic mass is 9.98. The Kier molecular flexibility index (Phi) is 10.6. The minimum Gasteiger partial charge on any atom is -0.458 e. The van der Waals surface area contributed by atoms with E-state index < -0.39 is 35.1 Å². The third-order valence-electron chi connectivity index (χ3n) is 6.59. The molecule has 1 heterocycles. The number of nitrogens with zero attached hydrogens (tertiary/aromatic N) is 2. The monoisotopic (exact) mass is 531 g/mol. The van der Waals surface area contributed by atoms with Crippen LogP contribution in [0.2, 0.25) is 0 Å². The first-order valence-corrected chi connectivity index (χ1v) is 13.7. The molecule has 0 aliphatic heterocycles. The van der Waals surface area contributed by atoms with E-state index in [1.807, 2.05) is 60.7 Å². The Labute approximate surface area is 231 Å². The summed E-state index contributed by atoms with van der Waals surface area (Å²) in [5.74, 6) is -1.09. The first kappa shape index (κ1) is 29.8. The van der Waals surface area contributed by atoms with Crippen LogP contribution in [0.1, 0.15) is 75.0 Å². The van der Waals surface area contributed by atoms with Crippen LogP contribution in [0.25, 0.3) is 0 Å². The molecule has 0 saturated carbocycles. The number of aromatic nitrogens is 1. The molecule has 208 valence electrons. The quantitative estimate of drug-likeness (QED) is 0.331. The Morgan fingerprint density at radius 2 is 1.46 bits per heavy atom. The zero-order chi connectivity index (χ0) is 28.4. The molecule has 0 radical (unpaired) electrons. The number of amides is 1. The molecule has 1 N–H and O–H groups in total. The summed E-state index contributed by atoms with van der Waals surface area (Å²) in [6, 6.07) is 21.3. The van der Waals surface area contributed by atoms with E-state index in [0.717, 1.165) is 30.8 Å². The van der Waals surface area contributed by atoms with Gasteiger partial charge in [-0.05, 0) is 76.5 Å². The van der Waals surface area contributed by atoms with Crippen molar-refractivity contribution in [3.63, 3.8) is 0 Å². The second kappa shape index (κ2) is 13.9. The Hall–Kier alpha value is -3.71. The number of pyridine rings is 1. The highest BCUT2D eigenvalue weighted by Crippen LogP contribution is 2.25. The van der Waals surface area contributed by atoms with E-state index in [4.69, 9.17) is 4.74 Å². The zero-order valence-corrected chi connectivity index (χ0v) is 23.7. The lowest BCUT2D eigenvalue weighted by Gasteiger charge is -2.26. The number of hydrogen-bond acceptors (Lipinski definition) is 5. The highest BCUT2D eigenvalue weighted by molar-refractivity contribution is 5.96. The van der Waals surface area contributed by atoms with Gasteiger partial charge in [-0.15, -0.1) is 0 Å². The number of ether oxygens (including phenoxy) is 1. The molecule has 1 aromatic heterocycles. The predicted octanol–water partition coefficient (Wildman–Crippen LogP) is 5.05. The number of nitrogens with one attached hydrogen (secondary N) is 1. The van der Waals surface area contributed by atoms with E-state index in [1.54, 1.807) is 37.6 Å². The normalized spacial score (nSPS) is 12.4. The Bertz CT molecular complexity index is 1220. The SMILES string of the molecule is CCN(CC)CCC[C@H](NC(=O)c1cccn(C(c2ccccc2)c2ccccc2)c1=O)C(=O)OC(C)(C)C. The average Bonchev–Trinajstić information content (AvgIpc) is 2.91. The van der Waals surface area contributed by atoms with E-state index in [1.165, 1.54) is 6.07 Å². The van der Waals surface area contributed by atoms with Gasteiger partial charge in [-0.1, -0.05) is 74.5 Å². The zero-order valence-electron chi connectivity index (χ0n) is 23.7. The topological polar surface area (TPSA) is 80.6 Å². The van der Waals surface area contributed by atoms with Crippen molar-refractivity contribution in [3.8, 4) is 0 Å². The molecule has 0 unspecified atom stereocenters. The molecular weight excluding hydrogens is 490 g/mol. The number of carbonyl (C=O) groups is 2. The van der Waals surface area contributed by atoms with Gasteiger partial charge in [0.1, 0.15) is 17.2 Å². The molecule has 7 heteroatoms. The molecule has 1 amide bonds. The van der Waals surface area contributed by atoms with Crippen LogP contribution in [0, 0.1) is 0 Å². The summed E-state index contributed by atoms with van der Waals surface area (Å²) in [5, 5.41) is 2.81. The van der Waals surface area contributed by atoms with Gasteiger partial charge in [0.25, 0.3) is 11.5 Å². The molecule has 1 atom stereocenters. The van der Waals surface area contributed by atoms with Crippen LogP contribution in [0.3, 0.4) is 0 Å². The molecule has 0 saturated heterocycles. The molecule has 39 heavy (non-hydrogen) atoms. The fraction of sp³-hybridized carbons (Fsp3) is 0.406. The standard InChI is InChI=1S/C32H41N3O4/c1-6-34(7-2)22-15-21-27(31(38)39-32(3,4)5)33-29(36)26-20-14-23-35(30(26)37)28(24-16-10-8-11-17-24)25-18-12-9-13-19-25/h8-14,16-20,23,27-28H,6-7,15,21-22H2,1-5H3,(H,33,36)/t27-/m0/s1. The van der Waals surface area contributed by atoms with Crippen LogP contribution >= 0.6 is 0 Å². The van der Waals surface area contributed by atoms with Gasteiger partial charge in [-0.3, -0.25) is 9.59 Å². The smallest absolute Gasteiger partial charge is 0.329 e. The van der Waals surface area contributed by atoms with Crippen LogP contribution in [0.15, 0.2) is 83.8 Å². The Balaban J connectivity index is 1.91. The summed E-state index contributed by atoms with van der Waals surface area (Å²) in [4.78, 5) is 42.5. The molecule has 7 nitrogen and oxygen atoms in total. The fourth-order valence-electron chi connectivity index (χ4n) is 4.59. The fourth-order valence-corrected chi connectivity index (χ4v) is 4.59. The molecular formula is C32H41N3O4. The van der Waals surface area contributed by atoms with Crippen molar-refractivity contribution in [2.24, 2.45) is 0 Å². The average molecular weight is 532 g/mol. The molecule has 0 fully saturated rings. The van der Waals surface area contributed by atoms with Crippen molar-refractivity contribution in [1.29, 1.82) is 0 Å². The summed E-state index contributed by atoms with van der Waals surface area (Å²) in [6.07, 6.45) is 2.81. The van der Waals surface area contributed by atoms with Crippen molar-refractivity contribution in [3.05, 3.63) is 106 Å². The van der Waals surface area contributed by atoms with Crippen LogP contribution in [-0.4, -0.2) is 52.6 Å². The minimum absolute atomic E-state index is 0.0216. The van der Waals surface area contributed by atoms with Crippen molar-refractivity contribution in [1.82, 2.24) is 14.8 Å². The Morgan fingerprint density at radius 3 is 1.97 bits per heavy atom. The maximum absolute atomic E-state index is 13.7. The van der Waals surface area contributed by atoms with Crippen molar-refractivity contribution < 1.29 is 14.3 Å². The van der Waals surface area contributed by atoms with E-state index in [-0.39, 0.29) is 5.56 Å². The highest BCUT2D eigenvalue weighted by Gasteiger charge is 2.28. The van der Waals surface area contributed by atoms with Gasteiger partial charge < -0.3 is 19.5 Å². The first-order valence-electron chi connectivity index (χ1n) is 13.7. The van der Waals surface area contributed by atoms with Crippen molar-refractivity contribution >= 4 is 11.9 Å². The van der Waals surface area contributed by atoms with Crippen LogP contribution in [-0.2, 0) is 9.53 Å². The van der Waals surface area contributed by atoms with Crippen LogP contribution < -0.4 is 10.9 Å². The van der Waals surface area contributed by atoms with Crippen LogP contribution in [0.4, 0.5) is 0 Å². The summed E-state index contributed by atoms with van der Waals surface area (Å²) in [6.45, 7) is 12.2. The lowest BCUT2D eigenvalue weighted by molar-refractivity contribution is -0.157. The van der Waals surface area contributed by atoms with Gasteiger partial charge in [0.2, 0.25) is 0 Å². The van der Waals surface area contributed by atoms with Gasteiger partial charge in [0.15, 0.2) is 0 Å². The van der Waals surface area contributed by atoms with Crippen LogP contribution in [0.5, 0.6) is 0 Å². The van der Waals surface area contributed by atoms with E-state index in [9.17, 15) is 14.4 Å². The number of benzene rings is 2. The van der Waals surface area contributed by atoms with Gasteiger partial charge in [-0.2, -0.15) is 0 Å². The summed E-state index contributed by atoms with van der Waals surface area (Å²) in [5.41, 5.74) is 0.694. The third-order valence-corrected chi connectivity index (χ3v) is 6.59. The number of esters is 1. The molecule has 2 aromatic carbocycles. The largest absolute Gasteiger partial charge is 0.458 e. The summed E-state index contributed by atoms with van der Waals surface area (Å²) >= 11 is 0. The van der Waals surface area contributed by atoms with E-state index in [2.05, 4.69) is 24.1 Å². The molecule has 0 aliphatic carbocycles. The predicted molar refractivity (Wildman–Crippen MR) is 155 cm³/mol. The summed E-state index contributed by atoms with van der Waals surface area (Å²) in [7, 11) is 0. The van der Waals surface area contributed by atoms with Gasteiger partial charge in [-0.25, -0.2) is 4.79 Å². The number of hydrogen-bond donors (Lipinski definition) is 1. The van der Waals surface area contributed by atoms with Crippen molar-refractivity contribution in [2.45, 2.75) is 65.1 Å². The second-order valence-electron chi connectivity index (χ2n) is 10.6. The highest BCUT2D eigenvalue weighted by atomic mass is 16.6. The van der Waals surface area contributed by atoms with Gasteiger partial charge in [0, 0.05) is 6.20 Å². The third kappa shape index (κ3) is 8.39. The second-order valence-corrected chi connectivity index (χ2v) is 10.6.